The molecule has 0 aromatic heterocycles. The fraction of sp³-hybridized carbons (Fsp3) is 0.389. The summed E-state index contributed by atoms with van der Waals surface area (Å²) in [5.74, 6) is -0.612. The predicted octanol–water partition coefficient (Wildman–Crippen LogP) is 2.96. The van der Waals surface area contributed by atoms with Crippen molar-refractivity contribution in [3.8, 4) is 0 Å². The Balaban J connectivity index is 1.79. The summed E-state index contributed by atoms with van der Waals surface area (Å²) in [6, 6.07) is 5.11. The first-order valence-corrected chi connectivity index (χ1v) is 12.7. The summed E-state index contributed by atoms with van der Waals surface area (Å²) >= 11 is 9.92. The van der Waals surface area contributed by atoms with Gasteiger partial charge in [-0.2, -0.15) is 0 Å². The number of fused-ring (bicyclic) bond motifs is 1. The Bertz CT molecular complexity index is 1050. The topological polar surface area (TPSA) is 74.8 Å². The molecule has 0 radical (unpaired) electrons. The van der Waals surface area contributed by atoms with Crippen LogP contribution in [-0.4, -0.2) is 53.5 Å². The number of rotatable bonds is 3. The second-order valence-electron chi connectivity index (χ2n) is 6.92. The van der Waals surface area contributed by atoms with Gasteiger partial charge >= 0.3 is 0 Å². The highest BCUT2D eigenvalue weighted by atomic mass is 79.9. The van der Waals surface area contributed by atoms with E-state index in [0.29, 0.717) is 28.4 Å². The molecular formula is C18H17BrN2O4S3. The van der Waals surface area contributed by atoms with E-state index < -0.39 is 15.9 Å². The van der Waals surface area contributed by atoms with Crippen LogP contribution >= 0.6 is 39.9 Å². The molecule has 148 valence electrons. The smallest absolute Gasteiger partial charge is 0.267 e. The van der Waals surface area contributed by atoms with Crippen molar-refractivity contribution in [2.75, 3.05) is 23.0 Å². The summed E-state index contributed by atoms with van der Waals surface area (Å²) in [4.78, 5) is 29.7. The van der Waals surface area contributed by atoms with E-state index in [1.807, 2.05) is 25.1 Å². The Labute approximate surface area is 181 Å². The predicted molar refractivity (Wildman–Crippen MR) is 118 cm³/mol. The standard InChI is InChI=1S/C18H17BrN2O4S3/c1-2-6-20-13-4-3-10(19)8-12(13)14(16(20)22)15-17(23)21(18(26)27-15)11-5-7-28(24,25)9-11/h3-4,8,11H,2,5-7,9H2,1H3/b15-14-/t11-/m1/s1. The highest BCUT2D eigenvalue weighted by Gasteiger charge is 2.46. The van der Waals surface area contributed by atoms with Gasteiger partial charge in [0.15, 0.2) is 9.84 Å². The Morgan fingerprint density at radius 3 is 2.68 bits per heavy atom. The summed E-state index contributed by atoms with van der Waals surface area (Å²) in [5.41, 5.74) is 1.83. The zero-order valence-electron chi connectivity index (χ0n) is 15.0. The van der Waals surface area contributed by atoms with Crippen LogP contribution < -0.4 is 4.90 Å². The Kier molecular flexibility index (Phi) is 5.18. The summed E-state index contributed by atoms with van der Waals surface area (Å²) in [7, 11) is -3.16. The number of thioether (sulfide) groups is 1. The molecule has 3 aliphatic heterocycles. The third-order valence-corrected chi connectivity index (χ3v) is 8.67. The number of hydrogen-bond acceptors (Lipinski definition) is 6. The van der Waals surface area contributed by atoms with Gasteiger partial charge in [0, 0.05) is 16.6 Å². The number of hydrogen-bond donors (Lipinski definition) is 0. The molecule has 10 heteroatoms. The molecule has 28 heavy (non-hydrogen) atoms. The maximum atomic E-state index is 13.2. The van der Waals surface area contributed by atoms with Crippen LogP contribution in [0.25, 0.3) is 5.57 Å². The lowest BCUT2D eigenvalue weighted by Gasteiger charge is -2.21. The van der Waals surface area contributed by atoms with Gasteiger partial charge < -0.3 is 4.90 Å². The second-order valence-corrected chi connectivity index (χ2v) is 11.7. The van der Waals surface area contributed by atoms with Crippen molar-refractivity contribution in [1.29, 1.82) is 0 Å². The molecule has 2 amide bonds. The van der Waals surface area contributed by atoms with E-state index in [-0.39, 0.29) is 28.2 Å². The van der Waals surface area contributed by atoms with Gasteiger partial charge in [0.25, 0.3) is 11.8 Å². The molecular weight excluding hydrogens is 484 g/mol. The molecule has 0 saturated carbocycles. The van der Waals surface area contributed by atoms with E-state index in [1.54, 1.807) is 4.90 Å². The first kappa shape index (κ1) is 20.1. The SMILES string of the molecule is CCCN1C(=O)/C(=C2\SC(=S)N([C@@H]3CCS(=O)(=O)C3)C2=O)c2cc(Br)ccc21. The van der Waals surface area contributed by atoms with Crippen molar-refractivity contribution in [3.63, 3.8) is 0 Å². The molecule has 6 nitrogen and oxygen atoms in total. The van der Waals surface area contributed by atoms with E-state index in [4.69, 9.17) is 12.2 Å². The summed E-state index contributed by atoms with van der Waals surface area (Å²) in [6.45, 7) is 2.54. The molecule has 2 fully saturated rings. The number of amides is 2. The van der Waals surface area contributed by atoms with Gasteiger partial charge in [-0.3, -0.25) is 14.5 Å². The van der Waals surface area contributed by atoms with Crippen LogP contribution in [0.3, 0.4) is 0 Å². The number of anilines is 1. The molecule has 1 aromatic rings. The molecule has 0 aliphatic carbocycles. The summed E-state index contributed by atoms with van der Waals surface area (Å²) < 4.78 is 24.8. The fourth-order valence-corrected chi connectivity index (χ4v) is 7.33. The molecule has 1 atom stereocenters. The molecule has 1 aromatic carbocycles. The quantitative estimate of drug-likeness (QED) is 0.469. The number of carbonyl (C=O) groups is 2. The Morgan fingerprint density at radius 2 is 2.04 bits per heavy atom. The largest absolute Gasteiger partial charge is 0.308 e. The average Bonchev–Trinajstić information content (AvgIpc) is 3.20. The fourth-order valence-electron chi connectivity index (χ4n) is 3.79. The van der Waals surface area contributed by atoms with Crippen LogP contribution in [0.1, 0.15) is 25.3 Å². The Morgan fingerprint density at radius 1 is 1.29 bits per heavy atom. The minimum atomic E-state index is -3.16. The molecule has 4 rings (SSSR count). The summed E-state index contributed by atoms with van der Waals surface area (Å²) in [6.07, 6.45) is 1.16. The van der Waals surface area contributed by atoms with Gasteiger partial charge in [0.2, 0.25) is 0 Å². The maximum Gasteiger partial charge on any atom is 0.267 e. The van der Waals surface area contributed by atoms with E-state index in [0.717, 1.165) is 28.3 Å². The number of nitrogens with zero attached hydrogens (tertiary/aromatic N) is 2. The first-order valence-electron chi connectivity index (χ1n) is 8.85. The van der Waals surface area contributed by atoms with E-state index >= 15 is 0 Å². The highest BCUT2D eigenvalue weighted by molar-refractivity contribution is 9.10. The highest BCUT2D eigenvalue weighted by Crippen LogP contribution is 2.46. The first-order chi connectivity index (χ1) is 13.2. The molecule has 3 aliphatic rings. The molecule has 0 spiro atoms. The van der Waals surface area contributed by atoms with Gasteiger partial charge in [-0.1, -0.05) is 46.8 Å². The molecule has 0 N–H and O–H groups in total. The molecule has 0 unspecified atom stereocenters. The van der Waals surface area contributed by atoms with Crippen LogP contribution in [0.4, 0.5) is 5.69 Å². The van der Waals surface area contributed by atoms with E-state index in [1.165, 1.54) is 4.90 Å². The van der Waals surface area contributed by atoms with E-state index in [9.17, 15) is 18.0 Å². The zero-order chi connectivity index (χ0) is 20.2. The van der Waals surface area contributed by atoms with E-state index in [2.05, 4.69) is 15.9 Å². The number of carbonyl (C=O) groups excluding carboxylic acids is 2. The van der Waals surface area contributed by atoms with Gasteiger partial charge in [-0.05, 0) is 31.0 Å². The lowest BCUT2D eigenvalue weighted by Crippen LogP contribution is -2.39. The van der Waals surface area contributed by atoms with Crippen molar-refractivity contribution in [2.24, 2.45) is 0 Å². The number of halogens is 1. The minimum absolute atomic E-state index is 0.0552. The van der Waals surface area contributed by atoms with Gasteiger partial charge in [-0.25, -0.2) is 8.42 Å². The molecule has 0 bridgehead atoms. The van der Waals surface area contributed by atoms with Crippen molar-refractivity contribution in [2.45, 2.75) is 25.8 Å². The molecule has 3 heterocycles. The van der Waals surface area contributed by atoms with Crippen molar-refractivity contribution in [1.82, 2.24) is 4.90 Å². The number of thiocarbonyl (C=S) groups is 1. The number of benzene rings is 1. The third kappa shape index (κ3) is 3.24. The van der Waals surface area contributed by atoms with Crippen molar-refractivity contribution in [3.05, 3.63) is 33.1 Å². The summed E-state index contributed by atoms with van der Waals surface area (Å²) in [5, 5.41) is 0. The average molecular weight is 501 g/mol. The van der Waals surface area contributed by atoms with Gasteiger partial charge in [0.05, 0.1) is 33.7 Å². The lowest BCUT2D eigenvalue weighted by atomic mass is 10.1. The maximum absolute atomic E-state index is 13.2. The van der Waals surface area contributed by atoms with Crippen LogP contribution in [0.5, 0.6) is 0 Å². The lowest BCUT2D eigenvalue weighted by molar-refractivity contribution is -0.123. The molecule has 2 saturated heterocycles. The Hall–Kier alpha value is -1.23. The zero-order valence-corrected chi connectivity index (χ0v) is 19.0. The van der Waals surface area contributed by atoms with Gasteiger partial charge in [-0.15, -0.1) is 0 Å². The van der Waals surface area contributed by atoms with Crippen molar-refractivity contribution < 1.29 is 18.0 Å². The second kappa shape index (κ2) is 7.23. The normalized spacial score (nSPS) is 26.5. The third-order valence-electron chi connectivity index (χ3n) is 5.02. The number of sulfone groups is 1. The van der Waals surface area contributed by atoms with Crippen LogP contribution in [0.2, 0.25) is 0 Å². The van der Waals surface area contributed by atoms with Gasteiger partial charge in [0.1, 0.15) is 4.32 Å². The van der Waals surface area contributed by atoms with Crippen molar-refractivity contribution >= 4 is 77.1 Å². The van der Waals surface area contributed by atoms with Crippen LogP contribution in [0.15, 0.2) is 27.6 Å². The van der Waals surface area contributed by atoms with Crippen LogP contribution in [-0.2, 0) is 19.4 Å². The van der Waals surface area contributed by atoms with Crippen LogP contribution in [0, 0.1) is 0 Å². The minimum Gasteiger partial charge on any atom is -0.308 e. The monoisotopic (exact) mass is 500 g/mol.